The van der Waals surface area contributed by atoms with E-state index in [1.807, 2.05) is 24.3 Å². The molecule has 2 aromatic rings. The molecular formula is C12H10BrN3O2. The number of halogens is 1. The molecule has 0 amide bonds. The fraction of sp³-hybridized carbons (Fsp3) is 0. The van der Waals surface area contributed by atoms with Crippen LogP contribution in [0, 0.1) is 0 Å². The molecule has 0 bridgehead atoms. The molecule has 1 aromatic carbocycles. The van der Waals surface area contributed by atoms with Gasteiger partial charge in [-0.05, 0) is 24.3 Å². The van der Waals surface area contributed by atoms with Gasteiger partial charge < -0.3 is 15.7 Å². The second-order valence-corrected chi connectivity index (χ2v) is 4.32. The third-order valence-corrected chi connectivity index (χ3v) is 2.61. The molecule has 5 nitrogen and oxygen atoms in total. The van der Waals surface area contributed by atoms with E-state index < -0.39 is 0 Å². The lowest BCUT2D eigenvalue weighted by Gasteiger charge is -2.06. The molecule has 1 aromatic heterocycles. The van der Waals surface area contributed by atoms with Crippen molar-refractivity contribution in [2.24, 2.45) is 10.9 Å². The van der Waals surface area contributed by atoms with Gasteiger partial charge in [0.25, 0.3) is 0 Å². The van der Waals surface area contributed by atoms with Crippen LogP contribution in [0.15, 0.2) is 52.1 Å². The Kier molecular flexibility index (Phi) is 3.78. The number of benzene rings is 1. The molecule has 0 atom stereocenters. The van der Waals surface area contributed by atoms with Crippen molar-refractivity contribution in [1.29, 1.82) is 0 Å². The van der Waals surface area contributed by atoms with Crippen molar-refractivity contribution < 1.29 is 9.94 Å². The van der Waals surface area contributed by atoms with Crippen LogP contribution in [0.3, 0.4) is 0 Å². The van der Waals surface area contributed by atoms with E-state index in [2.05, 4.69) is 26.1 Å². The number of ether oxygens (including phenoxy) is 1. The molecule has 0 unspecified atom stereocenters. The van der Waals surface area contributed by atoms with Gasteiger partial charge in [0.1, 0.15) is 11.4 Å². The average molecular weight is 308 g/mol. The van der Waals surface area contributed by atoms with Crippen molar-refractivity contribution >= 4 is 21.8 Å². The standard InChI is InChI=1S/C12H10BrN3O2/c13-8-3-1-4-9(7-8)18-11-6-2-5-10(15-11)12(14)16-17/h1-7,17H,(H2,14,16). The van der Waals surface area contributed by atoms with Crippen LogP contribution in [0.5, 0.6) is 11.6 Å². The van der Waals surface area contributed by atoms with E-state index in [4.69, 9.17) is 15.7 Å². The monoisotopic (exact) mass is 307 g/mol. The molecule has 0 aliphatic rings. The highest BCUT2D eigenvalue weighted by molar-refractivity contribution is 9.10. The molecule has 92 valence electrons. The fourth-order valence-electron chi connectivity index (χ4n) is 1.32. The number of pyridine rings is 1. The minimum Gasteiger partial charge on any atom is -0.439 e. The Hall–Kier alpha value is -2.08. The number of hydrogen-bond acceptors (Lipinski definition) is 4. The Morgan fingerprint density at radius 1 is 1.28 bits per heavy atom. The zero-order chi connectivity index (χ0) is 13.0. The van der Waals surface area contributed by atoms with Crippen molar-refractivity contribution in [3.63, 3.8) is 0 Å². The minimum absolute atomic E-state index is 0.0605. The Balaban J connectivity index is 2.24. The molecule has 0 saturated carbocycles. The van der Waals surface area contributed by atoms with Crippen molar-refractivity contribution in [2.45, 2.75) is 0 Å². The first-order valence-corrected chi connectivity index (χ1v) is 5.87. The van der Waals surface area contributed by atoms with Gasteiger partial charge in [-0.1, -0.05) is 33.2 Å². The van der Waals surface area contributed by atoms with Gasteiger partial charge in [0.15, 0.2) is 5.84 Å². The van der Waals surface area contributed by atoms with E-state index >= 15 is 0 Å². The lowest BCUT2D eigenvalue weighted by Crippen LogP contribution is -2.14. The summed E-state index contributed by atoms with van der Waals surface area (Å²) in [6.45, 7) is 0. The normalized spacial score (nSPS) is 11.3. The first-order valence-electron chi connectivity index (χ1n) is 5.07. The second kappa shape index (κ2) is 5.50. The van der Waals surface area contributed by atoms with Crippen LogP contribution in [0.4, 0.5) is 0 Å². The molecule has 6 heteroatoms. The van der Waals surface area contributed by atoms with Crippen LogP contribution in [0.2, 0.25) is 0 Å². The first-order chi connectivity index (χ1) is 8.69. The topological polar surface area (TPSA) is 80.7 Å². The summed E-state index contributed by atoms with van der Waals surface area (Å²) >= 11 is 3.35. The Morgan fingerprint density at radius 2 is 2.06 bits per heavy atom. The van der Waals surface area contributed by atoms with Crippen molar-refractivity contribution in [1.82, 2.24) is 4.98 Å². The summed E-state index contributed by atoms with van der Waals surface area (Å²) in [5.41, 5.74) is 5.81. The molecular weight excluding hydrogens is 298 g/mol. The number of aromatic nitrogens is 1. The van der Waals surface area contributed by atoms with E-state index in [0.717, 1.165) is 4.47 Å². The molecule has 0 saturated heterocycles. The largest absolute Gasteiger partial charge is 0.439 e. The van der Waals surface area contributed by atoms with E-state index in [0.29, 0.717) is 17.3 Å². The van der Waals surface area contributed by atoms with E-state index in [9.17, 15) is 0 Å². The summed E-state index contributed by atoms with van der Waals surface area (Å²) in [5, 5.41) is 11.5. The molecule has 18 heavy (non-hydrogen) atoms. The first kappa shape index (κ1) is 12.4. The summed E-state index contributed by atoms with van der Waals surface area (Å²) in [4.78, 5) is 4.12. The maximum Gasteiger partial charge on any atom is 0.219 e. The molecule has 0 radical (unpaired) electrons. The lowest BCUT2D eigenvalue weighted by molar-refractivity contribution is 0.318. The molecule has 3 N–H and O–H groups in total. The van der Waals surface area contributed by atoms with Crippen molar-refractivity contribution in [2.75, 3.05) is 0 Å². The van der Waals surface area contributed by atoms with Gasteiger partial charge in [-0.3, -0.25) is 0 Å². The molecule has 1 heterocycles. The van der Waals surface area contributed by atoms with Crippen LogP contribution in [-0.4, -0.2) is 16.0 Å². The molecule has 2 rings (SSSR count). The van der Waals surface area contributed by atoms with Gasteiger partial charge in [-0.25, -0.2) is 4.98 Å². The van der Waals surface area contributed by atoms with Crippen LogP contribution in [0.1, 0.15) is 5.69 Å². The number of amidine groups is 1. The molecule has 0 spiro atoms. The zero-order valence-corrected chi connectivity index (χ0v) is 10.8. The number of hydrogen-bond donors (Lipinski definition) is 2. The summed E-state index contributed by atoms with van der Waals surface area (Å²) in [6, 6.07) is 12.4. The third kappa shape index (κ3) is 2.98. The number of nitrogens with two attached hydrogens (primary N) is 1. The number of rotatable bonds is 3. The van der Waals surface area contributed by atoms with Gasteiger partial charge in [0, 0.05) is 10.5 Å². The van der Waals surface area contributed by atoms with Crippen LogP contribution < -0.4 is 10.5 Å². The number of nitrogens with zero attached hydrogens (tertiary/aromatic N) is 2. The highest BCUT2D eigenvalue weighted by Gasteiger charge is 2.04. The third-order valence-electron chi connectivity index (χ3n) is 2.11. The van der Waals surface area contributed by atoms with Gasteiger partial charge in [-0.15, -0.1) is 0 Å². The number of oxime groups is 1. The molecule has 0 aliphatic heterocycles. The summed E-state index contributed by atoms with van der Waals surface area (Å²) in [7, 11) is 0. The van der Waals surface area contributed by atoms with Crippen LogP contribution >= 0.6 is 15.9 Å². The Morgan fingerprint density at radius 3 is 2.78 bits per heavy atom. The van der Waals surface area contributed by atoms with Crippen molar-refractivity contribution in [3.05, 3.63) is 52.6 Å². The van der Waals surface area contributed by atoms with Gasteiger partial charge in [0.2, 0.25) is 5.88 Å². The minimum atomic E-state index is -0.0605. The van der Waals surface area contributed by atoms with E-state index in [1.54, 1.807) is 18.2 Å². The second-order valence-electron chi connectivity index (χ2n) is 3.41. The maximum absolute atomic E-state index is 8.58. The maximum atomic E-state index is 8.58. The highest BCUT2D eigenvalue weighted by Crippen LogP contribution is 2.22. The summed E-state index contributed by atoms with van der Waals surface area (Å²) in [5.74, 6) is 0.959. The van der Waals surface area contributed by atoms with Gasteiger partial charge in [0.05, 0.1) is 0 Å². The highest BCUT2D eigenvalue weighted by atomic mass is 79.9. The van der Waals surface area contributed by atoms with Gasteiger partial charge >= 0.3 is 0 Å². The lowest BCUT2D eigenvalue weighted by atomic mass is 10.3. The van der Waals surface area contributed by atoms with Crippen LogP contribution in [0.25, 0.3) is 0 Å². The van der Waals surface area contributed by atoms with Crippen molar-refractivity contribution in [3.8, 4) is 11.6 Å². The smallest absolute Gasteiger partial charge is 0.219 e. The zero-order valence-electron chi connectivity index (χ0n) is 9.25. The quantitative estimate of drug-likeness (QED) is 0.395. The fourth-order valence-corrected chi connectivity index (χ4v) is 1.70. The Bertz CT molecular complexity index is 587. The molecule has 0 fully saturated rings. The average Bonchev–Trinajstić information content (AvgIpc) is 2.38. The predicted octanol–water partition coefficient (Wildman–Crippen LogP) is 2.73. The predicted molar refractivity (Wildman–Crippen MR) is 71.0 cm³/mol. The molecule has 0 aliphatic carbocycles. The Labute approximate surface area is 112 Å². The van der Waals surface area contributed by atoms with E-state index in [-0.39, 0.29) is 5.84 Å². The van der Waals surface area contributed by atoms with E-state index in [1.165, 1.54) is 0 Å². The summed E-state index contributed by atoms with van der Waals surface area (Å²) in [6.07, 6.45) is 0. The van der Waals surface area contributed by atoms with Gasteiger partial charge in [-0.2, -0.15) is 0 Å². The van der Waals surface area contributed by atoms with Crippen LogP contribution in [-0.2, 0) is 0 Å². The summed E-state index contributed by atoms with van der Waals surface area (Å²) < 4.78 is 6.47. The SMILES string of the molecule is NC(=NO)c1cccc(Oc2cccc(Br)c2)n1.